The van der Waals surface area contributed by atoms with E-state index in [-0.39, 0.29) is 46.6 Å². The number of amides is 1. The van der Waals surface area contributed by atoms with Crippen LogP contribution in [0.25, 0.3) is 0 Å². The normalized spacial score (nSPS) is 37.6. The highest BCUT2D eigenvalue weighted by Crippen LogP contribution is 2.68. The van der Waals surface area contributed by atoms with E-state index in [2.05, 4.69) is 37.7 Å². The maximum Gasteiger partial charge on any atom is 0.316 e. The number of hydrogen-bond acceptors (Lipinski definition) is 7. The van der Waals surface area contributed by atoms with Gasteiger partial charge in [0, 0.05) is 46.9 Å². The van der Waals surface area contributed by atoms with Gasteiger partial charge in [-0.3, -0.25) is 19.4 Å². The molecule has 0 aromatic carbocycles. The SMILES string of the molecule is C=C[C@]1(C)C[C@@H](OC(=O)CSC(C)(C)CNC(=O)c2cccnc2)[C@]2(C)[C@H](C)CC[C@]3(CCC(=O)[C@@H]32)[C@@H](C)[C@@H]1O. The molecule has 0 spiro atoms. The van der Waals surface area contributed by atoms with Gasteiger partial charge in [0.25, 0.3) is 5.91 Å². The monoisotopic (exact) mass is 570 g/mol. The first kappa shape index (κ1) is 30.8. The van der Waals surface area contributed by atoms with Gasteiger partial charge in [0.1, 0.15) is 11.9 Å². The van der Waals surface area contributed by atoms with Crippen LogP contribution < -0.4 is 5.32 Å². The number of aromatic nitrogens is 1. The summed E-state index contributed by atoms with van der Waals surface area (Å²) in [5, 5.41) is 14.6. The summed E-state index contributed by atoms with van der Waals surface area (Å²) in [6, 6.07) is 3.42. The Labute approximate surface area is 243 Å². The summed E-state index contributed by atoms with van der Waals surface area (Å²) in [6.07, 6.45) is 7.30. The van der Waals surface area contributed by atoms with Gasteiger partial charge in [-0.1, -0.05) is 33.8 Å². The second-order valence-corrected chi connectivity index (χ2v) is 15.2. The van der Waals surface area contributed by atoms with Crippen molar-refractivity contribution < 1.29 is 24.2 Å². The van der Waals surface area contributed by atoms with Crippen molar-refractivity contribution in [2.24, 2.45) is 34.0 Å². The number of carbonyl (C=O) groups is 3. The Morgan fingerprint density at radius 2 is 2.02 bits per heavy atom. The molecule has 40 heavy (non-hydrogen) atoms. The van der Waals surface area contributed by atoms with Crippen molar-refractivity contribution >= 4 is 29.4 Å². The predicted molar refractivity (Wildman–Crippen MR) is 158 cm³/mol. The summed E-state index contributed by atoms with van der Waals surface area (Å²) in [6.45, 7) is 16.8. The quantitative estimate of drug-likeness (QED) is 0.326. The fourth-order valence-corrected chi connectivity index (χ4v) is 8.64. The molecule has 1 aromatic heterocycles. The minimum Gasteiger partial charge on any atom is -0.461 e. The number of ether oxygens (including phenoxy) is 1. The molecule has 0 radical (unpaired) electrons. The van der Waals surface area contributed by atoms with Gasteiger partial charge in [0.15, 0.2) is 0 Å². The fourth-order valence-electron chi connectivity index (χ4n) is 7.89. The summed E-state index contributed by atoms with van der Waals surface area (Å²) < 4.78 is 5.92. The zero-order chi connectivity index (χ0) is 29.5. The molecule has 0 unspecified atom stereocenters. The maximum atomic E-state index is 13.5. The summed E-state index contributed by atoms with van der Waals surface area (Å²) in [5.74, 6) is -0.305. The number of carbonyl (C=O) groups excluding carboxylic acids is 3. The molecule has 7 nitrogen and oxygen atoms in total. The number of aliphatic hydroxyl groups is 1. The van der Waals surface area contributed by atoms with Crippen LogP contribution in [-0.2, 0) is 14.3 Å². The lowest BCUT2D eigenvalue weighted by atomic mass is 9.44. The Hall–Kier alpha value is -2.19. The molecule has 1 amide bonds. The molecule has 3 saturated carbocycles. The van der Waals surface area contributed by atoms with E-state index in [0.29, 0.717) is 24.9 Å². The molecule has 220 valence electrons. The van der Waals surface area contributed by atoms with E-state index in [9.17, 15) is 19.5 Å². The van der Waals surface area contributed by atoms with Crippen molar-refractivity contribution in [1.29, 1.82) is 0 Å². The van der Waals surface area contributed by atoms with E-state index >= 15 is 0 Å². The first-order chi connectivity index (χ1) is 18.7. The van der Waals surface area contributed by atoms with E-state index in [1.807, 2.05) is 26.8 Å². The standard InChI is InChI=1S/C32H46N2O5S/c1-8-30(6)16-24(31(7)20(2)11-13-32(21(3)27(30)37)14-12-23(35)26(31)32)39-25(36)18-40-29(4,5)19-34-28(38)22-10-9-15-33-17-22/h8-10,15,17,20-21,24,26-27,37H,1,11-14,16,18-19H2,2-7H3,(H,34,38)/t20-,21+,24-,26-,27+,30-,31+,32+/m1/s1. The lowest BCUT2D eigenvalue weighted by Crippen LogP contribution is -2.63. The summed E-state index contributed by atoms with van der Waals surface area (Å²) in [5.41, 5.74) is -0.995. The van der Waals surface area contributed by atoms with Crippen molar-refractivity contribution in [3.05, 3.63) is 42.7 Å². The number of ketones is 1. The van der Waals surface area contributed by atoms with Gasteiger partial charge < -0.3 is 15.2 Å². The molecule has 2 bridgehead atoms. The highest BCUT2D eigenvalue weighted by atomic mass is 32.2. The third kappa shape index (κ3) is 5.38. The zero-order valence-electron chi connectivity index (χ0n) is 24.9. The van der Waals surface area contributed by atoms with Crippen LogP contribution in [0.15, 0.2) is 37.2 Å². The molecule has 4 rings (SSSR count). The van der Waals surface area contributed by atoms with Gasteiger partial charge in [-0.05, 0) is 68.9 Å². The lowest BCUT2D eigenvalue weighted by Gasteiger charge is -2.61. The third-order valence-corrected chi connectivity index (χ3v) is 12.1. The van der Waals surface area contributed by atoms with Crippen molar-refractivity contribution in [2.75, 3.05) is 12.3 Å². The van der Waals surface area contributed by atoms with Gasteiger partial charge in [-0.15, -0.1) is 18.3 Å². The number of Topliss-reactive ketones (excluding diaryl/α,β-unsaturated/α-hetero) is 1. The first-order valence-electron chi connectivity index (χ1n) is 14.6. The topological polar surface area (TPSA) is 106 Å². The second-order valence-electron chi connectivity index (χ2n) is 13.5. The van der Waals surface area contributed by atoms with E-state index in [4.69, 9.17) is 4.74 Å². The fraction of sp³-hybridized carbons (Fsp3) is 0.688. The number of rotatable bonds is 8. The van der Waals surface area contributed by atoms with Crippen LogP contribution >= 0.6 is 11.8 Å². The van der Waals surface area contributed by atoms with Crippen molar-refractivity contribution in [2.45, 2.75) is 90.6 Å². The van der Waals surface area contributed by atoms with Gasteiger partial charge in [-0.2, -0.15) is 0 Å². The number of hydrogen-bond donors (Lipinski definition) is 2. The number of esters is 1. The second kappa shape index (κ2) is 11.2. The van der Waals surface area contributed by atoms with Crippen LogP contribution in [0.4, 0.5) is 0 Å². The molecule has 0 aliphatic heterocycles. The molecule has 3 fully saturated rings. The molecule has 2 N–H and O–H groups in total. The van der Waals surface area contributed by atoms with E-state index in [0.717, 1.165) is 19.3 Å². The summed E-state index contributed by atoms with van der Waals surface area (Å²) in [7, 11) is 0. The molecule has 0 saturated heterocycles. The number of nitrogens with one attached hydrogen (secondary N) is 1. The molecular formula is C32H46N2O5S. The molecular weight excluding hydrogens is 524 g/mol. The number of thioether (sulfide) groups is 1. The summed E-state index contributed by atoms with van der Waals surface area (Å²) >= 11 is 1.43. The largest absolute Gasteiger partial charge is 0.461 e. The summed E-state index contributed by atoms with van der Waals surface area (Å²) in [4.78, 5) is 43.4. The van der Waals surface area contributed by atoms with Crippen molar-refractivity contribution in [3.63, 3.8) is 0 Å². The lowest BCUT2D eigenvalue weighted by molar-refractivity contribution is -0.205. The number of aliphatic hydroxyl groups excluding tert-OH is 1. The van der Waals surface area contributed by atoms with Gasteiger partial charge in [-0.25, -0.2) is 0 Å². The Morgan fingerprint density at radius 1 is 1.30 bits per heavy atom. The average Bonchev–Trinajstić information content (AvgIpc) is 3.29. The highest BCUT2D eigenvalue weighted by molar-refractivity contribution is 8.01. The molecule has 8 atom stereocenters. The predicted octanol–water partition coefficient (Wildman–Crippen LogP) is 5.23. The smallest absolute Gasteiger partial charge is 0.316 e. The van der Waals surface area contributed by atoms with Crippen LogP contribution in [-0.4, -0.2) is 57.0 Å². The highest BCUT2D eigenvalue weighted by Gasteiger charge is 2.68. The van der Waals surface area contributed by atoms with Gasteiger partial charge in [0.2, 0.25) is 0 Å². The minimum absolute atomic E-state index is 0.0614. The molecule has 1 heterocycles. The first-order valence-corrected chi connectivity index (χ1v) is 15.5. The molecule has 1 aromatic rings. The van der Waals surface area contributed by atoms with E-state index in [1.165, 1.54) is 18.0 Å². The maximum absolute atomic E-state index is 13.5. The van der Waals surface area contributed by atoms with Crippen LogP contribution in [0, 0.1) is 34.0 Å². The van der Waals surface area contributed by atoms with Crippen LogP contribution in [0.2, 0.25) is 0 Å². The van der Waals surface area contributed by atoms with Gasteiger partial charge in [0.05, 0.1) is 17.4 Å². The zero-order valence-corrected chi connectivity index (χ0v) is 25.7. The Kier molecular flexibility index (Phi) is 8.64. The number of pyridine rings is 1. The van der Waals surface area contributed by atoms with Gasteiger partial charge >= 0.3 is 5.97 Å². The molecule has 8 heteroatoms. The van der Waals surface area contributed by atoms with Crippen LogP contribution in [0.1, 0.15) is 84.0 Å². The number of nitrogens with zero attached hydrogens (tertiary/aromatic N) is 1. The van der Waals surface area contributed by atoms with Crippen molar-refractivity contribution in [1.82, 2.24) is 10.3 Å². The Morgan fingerprint density at radius 3 is 2.67 bits per heavy atom. The average molecular weight is 571 g/mol. The third-order valence-electron chi connectivity index (χ3n) is 10.8. The molecule has 3 aliphatic rings. The molecule has 3 aliphatic carbocycles. The van der Waals surface area contributed by atoms with Crippen LogP contribution in [0.3, 0.4) is 0 Å². The van der Waals surface area contributed by atoms with Crippen molar-refractivity contribution in [3.8, 4) is 0 Å². The van der Waals surface area contributed by atoms with E-state index in [1.54, 1.807) is 18.3 Å². The minimum atomic E-state index is -0.686. The Balaban J connectivity index is 1.52. The van der Waals surface area contributed by atoms with E-state index < -0.39 is 27.8 Å². The van der Waals surface area contributed by atoms with Crippen LogP contribution in [0.5, 0.6) is 0 Å². The Bertz CT molecular complexity index is 1140.